The molecule has 23 heavy (non-hydrogen) atoms. The summed E-state index contributed by atoms with van der Waals surface area (Å²) >= 11 is 0. The predicted molar refractivity (Wildman–Crippen MR) is 90.7 cm³/mol. The SMILES string of the molecule is CCOC(=O)CN(C(=O)c1ccccc1)c1c(C)cccc1C. The van der Waals surface area contributed by atoms with Gasteiger partial charge in [0.15, 0.2) is 0 Å². The number of hydrogen-bond acceptors (Lipinski definition) is 3. The van der Waals surface area contributed by atoms with E-state index < -0.39 is 5.97 Å². The van der Waals surface area contributed by atoms with Crippen molar-refractivity contribution in [3.05, 3.63) is 65.2 Å². The molecule has 0 radical (unpaired) electrons. The Balaban J connectivity index is 2.44. The Bertz CT molecular complexity index is 675. The van der Waals surface area contributed by atoms with Crippen LogP contribution in [0.25, 0.3) is 0 Å². The van der Waals surface area contributed by atoms with E-state index in [1.807, 2.05) is 38.1 Å². The van der Waals surface area contributed by atoms with E-state index in [1.165, 1.54) is 4.90 Å². The fraction of sp³-hybridized carbons (Fsp3) is 0.263. The van der Waals surface area contributed by atoms with Crippen molar-refractivity contribution < 1.29 is 14.3 Å². The second kappa shape index (κ2) is 7.58. The molecule has 2 aromatic carbocycles. The van der Waals surface area contributed by atoms with Gasteiger partial charge in [0.1, 0.15) is 6.54 Å². The van der Waals surface area contributed by atoms with Crippen LogP contribution < -0.4 is 4.90 Å². The molecule has 0 aromatic heterocycles. The minimum absolute atomic E-state index is 0.104. The number of hydrogen-bond donors (Lipinski definition) is 0. The first-order chi connectivity index (χ1) is 11.0. The molecule has 0 aliphatic heterocycles. The first-order valence-electron chi connectivity index (χ1n) is 7.63. The van der Waals surface area contributed by atoms with Crippen LogP contribution in [0.5, 0.6) is 0 Å². The Morgan fingerprint density at radius 3 is 2.13 bits per heavy atom. The highest BCUT2D eigenvalue weighted by Gasteiger charge is 2.23. The van der Waals surface area contributed by atoms with Crippen LogP contribution in [0.15, 0.2) is 48.5 Å². The molecule has 0 saturated heterocycles. The van der Waals surface area contributed by atoms with Crippen LogP contribution in [-0.4, -0.2) is 25.0 Å². The number of para-hydroxylation sites is 1. The molecule has 0 unspecified atom stereocenters. The van der Waals surface area contributed by atoms with Crippen molar-refractivity contribution >= 4 is 17.6 Å². The maximum atomic E-state index is 12.9. The molecule has 2 rings (SSSR count). The zero-order valence-corrected chi connectivity index (χ0v) is 13.7. The maximum Gasteiger partial charge on any atom is 0.326 e. The minimum atomic E-state index is -0.417. The van der Waals surface area contributed by atoms with Gasteiger partial charge < -0.3 is 4.74 Å². The summed E-state index contributed by atoms with van der Waals surface area (Å²) in [6.45, 7) is 5.80. The van der Waals surface area contributed by atoms with E-state index in [-0.39, 0.29) is 12.5 Å². The molecule has 4 heteroatoms. The number of esters is 1. The summed E-state index contributed by atoms with van der Waals surface area (Å²) in [6.07, 6.45) is 0. The monoisotopic (exact) mass is 311 g/mol. The molecule has 2 aromatic rings. The molecule has 0 fully saturated rings. The van der Waals surface area contributed by atoms with Crippen molar-refractivity contribution in [2.45, 2.75) is 20.8 Å². The highest BCUT2D eigenvalue weighted by molar-refractivity contribution is 6.09. The van der Waals surface area contributed by atoms with Gasteiger partial charge in [-0.1, -0.05) is 36.4 Å². The molecule has 120 valence electrons. The van der Waals surface area contributed by atoms with E-state index in [1.54, 1.807) is 31.2 Å². The van der Waals surface area contributed by atoms with Gasteiger partial charge in [-0.25, -0.2) is 0 Å². The molecular formula is C19H21NO3. The van der Waals surface area contributed by atoms with E-state index in [0.717, 1.165) is 16.8 Å². The Morgan fingerprint density at radius 2 is 1.57 bits per heavy atom. The third-order valence-electron chi connectivity index (χ3n) is 3.57. The third-order valence-corrected chi connectivity index (χ3v) is 3.57. The van der Waals surface area contributed by atoms with Gasteiger partial charge in [-0.2, -0.15) is 0 Å². The summed E-state index contributed by atoms with van der Waals surface area (Å²) in [5.41, 5.74) is 3.19. The normalized spacial score (nSPS) is 10.2. The zero-order chi connectivity index (χ0) is 16.8. The Labute approximate surface area is 136 Å². The number of carbonyl (C=O) groups excluding carboxylic acids is 2. The molecule has 0 heterocycles. The van der Waals surface area contributed by atoms with Crippen molar-refractivity contribution in [3.63, 3.8) is 0 Å². The van der Waals surface area contributed by atoms with Crippen molar-refractivity contribution in [1.82, 2.24) is 0 Å². The average Bonchev–Trinajstić information content (AvgIpc) is 2.54. The van der Waals surface area contributed by atoms with E-state index in [9.17, 15) is 9.59 Å². The Kier molecular flexibility index (Phi) is 5.52. The van der Waals surface area contributed by atoms with Gasteiger partial charge in [0.25, 0.3) is 5.91 Å². The van der Waals surface area contributed by atoms with Crippen LogP contribution in [0, 0.1) is 13.8 Å². The van der Waals surface area contributed by atoms with Crippen molar-refractivity contribution in [3.8, 4) is 0 Å². The number of aryl methyl sites for hydroxylation is 2. The molecule has 0 aliphatic rings. The Hall–Kier alpha value is -2.62. The van der Waals surface area contributed by atoms with E-state index in [2.05, 4.69) is 0 Å². The number of anilines is 1. The topological polar surface area (TPSA) is 46.6 Å². The number of ether oxygens (including phenoxy) is 1. The van der Waals surface area contributed by atoms with E-state index >= 15 is 0 Å². The summed E-state index contributed by atoms with van der Waals surface area (Å²) in [5.74, 6) is -0.629. The molecule has 0 bridgehead atoms. The van der Waals surface area contributed by atoms with Crippen LogP contribution in [-0.2, 0) is 9.53 Å². The van der Waals surface area contributed by atoms with Crippen LogP contribution in [0.3, 0.4) is 0 Å². The van der Waals surface area contributed by atoms with Gasteiger partial charge >= 0.3 is 5.97 Å². The molecule has 1 amide bonds. The molecule has 0 saturated carbocycles. The van der Waals surface area contributed by atoms with Gasteiger partial charge in [0, 0.05) is 5.56 Å². The van der Waals surface area contributed by atoms with Crippen LogP contribution in [0.2, 0.25) is 0 Å². The fourth-order valence-corrected chi connectivity index (χ4v) is 2.56. The summed E-state index contributed by atoms with van der Waals surface area (Å²) in [5, 5.41) is 0. The maximum absolute atomic E-state index is 12.9. The minimum Gasteiger partial charge on any atom is -0.465 e. The summed E-state index contributed by atoms with van der Waals surface area (Å²) in [6, 6.07) is 14.7. The van der Waals surface area contributed by atoms with Crippen LogP contribution in [0.4, 0.5) is 5.69 Å². The van der Waals surface area contributed by atoms with Crippen molar-refractivity contribution in [2.24, 2.45) is 0 Å². The smallest absolute Gasteiger partial charge is 0.326 e. The van der Waals surface area contributed by atoms with Crippen LogP contribution in [0.1, 0.15) is 28.4 Å². The highest BCUT2D eigenvalue weighted by atomic mass is 16.5. The lowest BCUT2D eigenvalue weighted by Gasteiger charge is -2.25. The van der Waals surface area contributed by atoms with Crippen LogP contribution >= 0.6 is 0 Å². The lowest BCUT2D eigenvalue weighted by atomic mass is 10.1. The summed E-state index contributed by atoms with van der Waals surface area (Å²) < 4.78 is 5.03. The zero-order valence-electron chi connectivity index (χ0n) is 13.7. The summed E-state index contributed by atoms with van der Waals surface area (Å²) in [7, 11) is 0. The van der Waals surface area contributed by atoms with E-state index in [0.29, 0.717) is 12.2 Å². The molecular weight excluding hydrogens is 290 g/mol. The average molecular weight is 311 g/mol. The number of nitrogens with zero attached hydrogens (tertiary/aromatic N) is 1. The largest absolute Gasteiger partial charge is 0.465 e. The number of amides is 1. The molecule has 4 nitrogen and oxygen atoms in total. The lowest BCUT2D eigenvalue weighted by molar-refractivity contribution is -0.141. The van der Waals surface area contributed by atoms with E-state index in [4.69, 9.17) is 4.74 Å². The standard InChI is InChI=1S/C19H21NO3/c1-4-23-17(21)13-20(18-14(2)9-8-10-15(18)3)19(22)16-11-6-5-7-12-16/h5-12H,4,13H2,1-3H3. The lowest BCUT2D eigenvalue weighted by Crippen LogP contribution is -2.37. The molecule has 0 aliphatic carbocycles. The first kappa shape index (κ1) is 16.7. The number of carbonyl (C=O) groups is 2. The molecule has 0 N–H and O–H groups in total. The number of benzene rings is 2. The van der Waals surface area contributed by atoms with Gasteiger partial charge in [-0.15, -0.1) is 0 Å². The Morgan fingerprint density at radius 1 is 0.957 bits per heavy atom. The predicted octanol–water partition coefficient (Wildman–Crippen LogP) is 3.51. The molecule has 0 atom stereocenters. The van der Waals surface area contributed by atoms with Crippen molar-refractivity contribution in [2.75, 3.05) is 18.1 Å². The molecule has 0 spiro atoms. The summed E-state index contributed by atoms with van der Waals surface area (Å²) in [4.78, 5) is 26.4. The van der Waals surface area contributed by atoms with Gasteiger partial charge in [-0.05, 0) is 44.0 Å². The quantitative estimate of drug-likeness (QED) is 0.794. The van der Waals surface area contributed by atoms with Gasteiger partial charge in [-0.3, -0.25) is 14.5 Å². The second-order valence-corrected chi connectivity index (χ2v) is 5.30. The van der Waals surface area contributed by atoms with Gasteiger partial charge in [0.2, 0.25) is 0 Å². The highest BCUT2D eigenvalue weighted by Crippen LogP contribution is 2.26. The second-order valence-electron chi connectivity index (χ2n) is 5.30. The first-order valence-corrected chi connectivity index (χ1v) is 7.63. The van der Waals surface area contributed by atoms with Crippen molar-refractivity contribution in [1.29, 1.82) is 0 Å². The van der Waals surface area contributed by atoms with Gasteiger partial charge in [0.05, 0.1) is 12.3 Å². The fourth-order valence-electron chi connectivity index (χ4n) is 2.56. The number of rotatable bonds is 5. The third kappa shape index (κ3) is 3.97.